The first-order valence-electron chi connectivity index (χ1n) is 9.50. The van der Waals surface area contributed by atoms with E-state index in [1.54, 1.807) is 32.4 Å². The number of carbonyl (C=O) groups is 1. The van der Waals surface area contributed by atoms with Crippen molar-refractivity contribution >= 4 is 34.3 Å². The lowest BCUT2D eigenvalue weighted by Crippen LogP contribution is -2.15. The summed E-state index contributed by atoms with van der Waals surface area (Å²) < 4.78 is 10.6. The molecule has 0 bridgehead atoms. The van der Waals surface area contributed by atoms with E-state index in [2.05, 4.69) is 44.3 Å². The number of thioether (sulfide) groups is 1. The largest absolute Gasteiger partial charge is 0.497 e. The van der Waals surface area contributed by atoms with Gasteiger partial charge in [-0.15, -0.1) is 0 Å². The molecule has 0 saturated carbocycles. The quantitative estimate of drug-likeness (QED) is 0.545. The first-order valence-corrected chi connectivity index (χ1v) is 10.5. The Balaban J connectivity index is 1.79. The SMILES string of the molecule is CCc1cc2cc(C)cc(C)c2nc1SCC(=O)Nc1cc(OC)ccc1OC. The number of hydrogen-bond acceptors (Lipinski definition) is 5. The molecular weight excluding hydrogens is 384 g/mol. The summed E-state index contributed by atoms with van der Waals surface area (Å²) in [5, 5.41) is 4.96. The number of ether oxygens (including phenoxy) is 2. The molecule has 29 heavy (non-hydrogen) atoms. The number of pyridine rings is 1. The second-order valence-electron chi connectivity index (χ2n) is 6.86. The fraction of sp³-hybridized carbons (Fsp3) is 0.304. The highest BCUT2D eigenvalue weighted by atomic mass is 32.2. The van der Waals surface area contributed by atoms with Gasteiger partial charge in [-0.25, -0.2) is 4.98 Å². The maximum atomic E-state index is 12.6. The van der Waals surface area contributed by atoms with E-state index in [1.165, 1.54) is 17.3 Å². The van der Waals surface area contributed by atoms with Crippen LogP contribution in [0.5, 0.6) is 11.5 Å². The van der Waals surface area contributed by atoms with Gasteiger partial charge in [0, 0.05) is 11.5 Å². The lowest BCUT2D eigenvalue weighted by molar-refractivity contribution is -0.113. The van der Waals surface area contributed by atoms with Gasteiger partial charge in [0.25, 0.3) is 0 Å². The van der Waals surface area contributed by atoms with Gasteiger partial charge in [-0.1, -0.05) is 30.3 Å². The monoisotopic (exact) mass is 410 g/mol. The number of methoxy groups -OCH3 is 2. The minimum absolute atomic E-state index is 0.119. The molecule has 2 aromatic carbocycles. The Kier molecular flexibility index (Phi) is 6.64. The molecule has 1 heterocycles. The van der Waals surface area contributed by atoms with Crippen molar-refractivity contribution in [1.29, 1.82) is 0 Å². The summed E-state index contributed by atoms with van der Waals surface area (Å²) in [6.07, 6.45) is 0.865. The Bertz CT molecular complexity index is 1050. The van der Waals surface area contributed by atoms with Gasteiger partial charge in [0.15, 0.2) is 0 Å². The normalized spacial score (nSPS) is 10.8. The zero-order chi connectivity index (χ0) is 21.0. The van der Waals surface area contributed by atoms with Crippen molar-refractivity contribution in [2.75, 3.05) is 25.3 Å². The van der Waals surface area contributed by atoms with E-state index < -0.39 is 0 Å². The van der Waals surface area contributed by atoms with Crippen molar-refractivity contribution in [3.63, 3.8) is 0 Å². The van der Waals surface area contributed by atoms with Crippen molar-refractivity contribution in [1.82, 2.24) is 4.98 Å². The second kappa shape index (κ2) is 9.18. The fourth-order valence-electron chi connectivity index (χ4n) is 3.29. The van der Waals surface area contributed by atoms with Crippen LogP contribution in [0.2, 0.25) is 0 Å². The van der Waals surface area contributed by atoms with E-state index in [4.69, 9.17) is 14.5 Å². The molecule has 0 unspecified atom stereocenters. The number of carbonyl (C=O) groups excluding carboxylic acids is 1. The summed E-state index contributed by atoms with van der Waals surface area (Å²) in [6, 6.07) is 11.8. The topological polar surface area (TPSA) is 60.5 Å². The van der Waals surface area contributed by atoms with Crippen LogP contribution >= 0.6 is 11.8 Å². The first kappa shape index (κ1) is 21.0. The molecule has 1 aromatic heterocycles. The Morgan fingerprint density at radius 2 is 1.90 bits per heavy atom. The van der Waals surface area contributed by atoms with Gasteiger partial charge < -0.3 is 14.8 Å². The van der Waals surface area contributed by atoms with E-state index in [1.807, 2.05) is 0 Å². The summed E-state index contributed by atoms with van der Waals surface area (Å²) in [5.74, 6) is 1.39. The number of nitrogens with one attached hydrogen (secondary N) is 1. The van der Waals surface area contributed by atoms with Crippen molar-refractivity contribution < 1.29 is 14.3 Å². The lowest BCUT2D eigenvalue weighted by atomic mass is 10.0. The van der Waals surface area contributed by atoms with E-state index in [-0.39, 0.29) is 11.7 Å². The highest BCUT2D eigenvalue weighted by Crippen LogP contribution is 2.30. The summed E-state index contributed by atoms with van der Waals surface area (Å²) in [4.78, 5) is 17.4. The number of fused-ring (bicyclic) bond motifs is 1. The van der Waals surface area contributed by atoms with Gasteiger partial charge >= 0.3 is 0 Å². The van der Waals surface area contributed by atoms with Crippen LogP contribution in [0.15, 0.2) is 41.4 Å². The average molecular weight is 411 g/mol. The molecule has 0 aliphatic carbocycles. The third kappa shape index (κ3) is 4.82. The number of rotatable bonds is 7. The molecule has 152 valence electrons. The molecule has 3 rings (SSSR count). The van der Waals surface area contributed by atoms with Crippen molar-refractivity contribution in [2.45, 2.75) is 32.2 Å². The molecule has 0 saturated heterocycles. The van der Waals surface area contributed by atoms with Crippen LogP contribution < -0.4 is 14.8 Å². The number of benzene rings is 2. The zero-order valence-corrected chi connectivity index (χ0v) is 18.3. The van der Waals surface area contributed by atoms with Crippen molar-refractivity contribution in [2.24, 2.45) is 0 Å². The maximum absolute atomic E-state index is 12.6. The van der Waals surface area contributed by atoms with Crippen LogP contribution in [-0.4, -0.2) is 30.9 Å². The number of nitrogens with zero attached hydrogens (tertiary/aromatic N) is 1. The second-order valence-corrected chi connectivity index (χ2v) is 7.83. The van der Waals surface area contributed by atoms with Gasteiger partial charge in [-0.2, -0.15) is 0 Å². The molecule has 0 radical (unpaired) electrons. The van der Waals surface area contributed by atoms with E-state index >= 15 is 0 Å². The van der Waals surface area contributed by atoms with Gasteiger partial charge in [-0.05, 0) is 55.7 Å². The molecular formula is C23H26N2O3S. The van der Waals surface area contributed by atoms with Gasteiger partial charge in [0.2, 0.25) is 5.91 Å². The number of aromatic nitrogens is 1. The van der Waals surface area contributed by atoms with Crippen LogP contribution in [0.1, 0.15) is 23.6 Å². The first-order chi connectivity index (χ1) is 13.9. The summed E-state index contributed by atoms with van der Waals surface area (Å²) in [6.45, 7) is 6.28. The minimum atomic E-state index is -0.119. The Labute approximate surface area is 175 Å². The number of hydrogen-bond donors (Lipinski definition) is 1. The minimum Gasteiger partial charge on any atom is -0.497 e. The van der Waals surface area contributed by atoms with Gasteiger partial charge in [0.1, 0.15) is 16.5 Å². The predicted octanol–water partition coefficient (Wildman–Crippen LogP) is 5.16. The molecule has 0 spiro atoms. The lowest BCUT2D eigenvalue weighted by Gasteiger charge is -2.13. The van der Waals surface area contributed by atoms with E-state index in [0.717, 1.165) is 33.5 Å². The summed E-state index contributed by atoms with van der Waals surface area (Å²) in [5.41, 5.74) is 5.11. The Morgan fingerprint density at radius 3 is 2.59 bits per heavy atom. The summed E-state index contributed by atoms with van der Waals surface area (Å²) in [7, 11) is 3.16. The molecule has 0 aliphatic rings. The molecule has 1 amide bonds. The van der Waals surface area contributed by atoms with E-state index in [0.29, 0.717) is 17.2 Å². The molecule has 1 N–H and O–H groups in total. The predicted molar refractivity (Wildman–Crippen MR) is 119 cm³/mol. The van der Waals surface area contributed by atoms with Gasteiger partial charge in [0.05, 0.1) is 31.2 Å². The smallest absolute Gasteiger partial charge is 0.234 e. The average Bonchev–Trinajstić information content (AvgIpc) is 2.71. The van der Waals surface area contributed by atoms with Crippen molar-refractivity contribution in [3.8, 4) is 11.5 Å². The zero-order valence-electron chi connectivity index (χ0n) is 17.5. The van der Waals surface area contributed by atoms with Crippen LogP contribution in [0.25, 0.3) is 10.9 Å². The number of aryl methyl sites for hydroxylation is 3. The molecule has 0 aliphatic heterocycles. The van der Waals surface area contributed by atoms with Gasteiger partial charge in [-0.3, -0.25) is 4.79 Å². The number of anilines is 1. The number of amides is 1. The Morgan fingerprint density at radius 1 is 1.10 bits per heavy atom. The third-order valence-electron chi connectivity index (χ3n) is 4.69. The molecule has 5 nitrogen and oxygen atoms in total. The van der Waals surface area contributed by atoms with Crippen LogP contribution in [-0.2, 0) is 11.2 Å². The molecule has 6 heteroatoms. The van der Waals surface area contributed by atoms with Crippen LogP contribution in [0.4, 0.5) is 5.69 Å². The highest BCUT2D eigenvalue weighted by molar-refractivity contribution is 8.00. The van der Waals surface area contributed by atoms with Crippen LogP contribution in [0, 0.1) is 13.8 Å². The standard InChI is InChI=1S/C23H26N2O3S/c1-6-16-11-17-10-14(2)9-15(3)22(17)25-23(16)29-13-21(26)24-19-12-18(27-4)7-8-20(19)28-5/h7-12H,6,13H2,1-5H3,(H,24,26). The van der Waals surface area contributed by atoms with Crippen molar-refractivity contribution in [3.05, 3.63) is 53.1 Å². The molecule has 0 fully saturated rings. The van der Waals surface area contributed by atoms with E-state index in [9.17, 15) is 4.79 Å². The molecule has 3 aromatic rings. The fourth-order valence-corrected chi connectivity index (χ4v) is 4.17. The van der Waals surface area contributed by atoms with Crippen LogP contribution in [0.3, 0.4) is 0 Å². The Hall–Kier alpha value is -2.73. The molecule has 0 atom stereocenters. The maximum Gasteiger partial charge on any atom is 0.234 e. The third-order valence-corrected chi connectivity index (χ3v) is 5.73. The highest BCUT2D eigenvalue weighted by Gasteiger charge is 2.13. The summed E-state index contributed by atoms with van der Waals surface area (Å²) >= 11 is 1.45.